The van der Waals surface area contributed by atoms with E-state index in [0.29, 0.717) is 11.0 Å². The van der Waals surface area contributed by atoms with Gasteiger partial charge < -0.3 is 10.1 Å². The maximum absolute atomic E-state index is 12.6. The van der Waals surface area contributed by atoms with E-state index < -0.39 is 10.0 Å². The summed E-state index contributed by atoms with van der Waals surface area (Å²) in [6, 6.07) is 12.2. The first kappa shape index (κ1) is 21.9. The van der Waals surface area contributed by atoms with Crippen LogP contribution in [-0.4, -0.2) is 45.0 Å². The fourth-order valence-corrected chi connectivity index (χ4v) is 4.23. The predicted octanol–water partition coefficient (Wildman–Crippen LogP) is 2.25. The maximum atomic E-state index is 12.6. The molecule has 3 N–H and O–H groups in total. The SMILES string of the molecule is CC1CN(Cc2cccc(CNC(=O)c3cc(S(N)(=O)=O)ccc3Br)c2)CCO1. The number of carbonyl (C=O) groups excluding carboxylic acids is 1. The molecule has 1 fully saturated rings. The van der Waals surface area contributed by atoms with E-state index in [4.69, 9.17) is 9.88 Å². The number of halogens is 1. The number of amides is 1. The van der Waals surface area contributed by atoms with Crippen molar-refractivity contribution in [2.45, 2.75) is 31.0 Å². The van der Waals surface area contributed by atoms with Gasteiger partial charge in [0.2, 0.25) is 10.0 Å². The molecule has 1 saturated heterocycles. The van der Waals surface area contributed by atoms with Crippen LogP contribution in [-0.2, 0) is 27.8 Å². The lowest BCUT2D eigenvalue weighted by Crippen LogP contribution is -2.40. The van der Waals surface area contributed by atoms with Crippen molar-refractivity contribution in [3.63, 3.8) is 0 Å². The molecular formula is C20H24BrN3O4S. The van der Waals surface area contributed by atoms with E-state index in [0.717, 1.165) is 31.8 Å². The molecule has 0 aromatic heterocycles. The van der Waals surface area contributed by atoms with Crippen molar-refractivity contribution in [2.75, 3.05) is 19.7 Å². The van der Waals surface area contributed by atoms with Crippen molar-refractivity contribution < 1.29 is 17.9 Å². The molecule has 3 rings (SSSR count). The summed E-state index contributed by atoms with van der Waals surface area (Å²) in [7, 11) is -3.88. The summed E-state index contributed by atoms with van der Waals surface area (Å²) in [6.45, 7) is 5.77. The Labute approximate surface area is 179 Å². The smallest absolute Gasteiger partial charge is 0.252 e. The van der Waals surface area contributed by atoms with Crippen molar-refractivity contribution >= 4 is 31.9 Å². The summed E-state index contributed by atoms with van der Waals surface area (Å²) in [5.74, 6) is -0.380. The summed E-state index contributed by atoms with van der Waals surface area (Å²) in [5.41, 5.74) is 2.36. The standard InChI is InChI=1S/C20H24BrN3O4S/c1-14-12-24(7-8-28-14)13-16-4-2-3-15(9-16)11-23-20(25)18-10-17(29(22,26)27)5-6-19(18)21/h2-6,9-10,14H,7-8,11-13H2,1H3,(H,23,25)(H2,22,26,27). The van der Waals surface area contributed by atoms with Crippen LogP contribution in [0.25, 0.3) is 0 Å². The number of morpholine rings is 1. The number of hydrogen-bond acceptors (Lipinski definition) is 5. The first-order valence-electron chi connectivity index (χ1n) is 9.24. The van der Waals surface area contributed by atoms with Crippen molar-refractivity contribution in [2.24, 2.45) is 5.14 Å². The molecule has 0 spiro atoms. The summed E-state index contributed by atoms with van der Waals surface area (Å²) in [5, 5.41) is 7.99. The number of nitrogens with one attached hydrogen (secondary N) is 1. The highest BCUT2D eigenvalue weighted by molar-refractivity contribution is 9.10. The van der Waals surface area contributed by atoms with Crippen molar-refractivity contribution in [1.29, 1.82) is 0 Å². The quantitative estimate of drug-likeness (QED) is 0.658. The highest BCUT2D eigenvalue weighted by Crippen LogP contribution is 2.21. The predicted molar refractivity (Wildman–Crippen MR) is 114 cm³/mol. The van der Waals surface area contributed by atoms with Crippen LogP contribution in [0.15, 0.2) is 51.8 Å². The van der Waals surface area contributed by atoms with Gasteiger partial charge in [-0.2, -0.15) is 0 Å². The molecule has 2 aromatic carbocycles. The number of ether oxygens (including phenoxy) is 1. The minimum absolute atomic E-state index is 0.104. The van der Waals surface area contributed by atoms with Crippen LogP contribution >= 0.6 is 15.9 Å². The molecule has 7 nitrogen and oxygen atoms in total. The molecule has 1 aliphatic rings. The molecule has 0 radical (unpaired) electrons. The van der Waals surface area contributed by atoms with Gasteiger partial charge in [-0.05, 0) is 52.2 Å². The van der Waals surface area contributed by atoms with Crippen LogP contribution in [0.1, 0.15) is 28.4 Å². The van der Waals surface area contributed by atoms with Gasteiger partial charge in [-0.1, -0.05) is 24.3 Å². The fraction of sp³-hybridized carbons (Fsp3) is 0.350. The van der Waals surface area contributed by atoms with Gasteiger partial charge in [0.25, 0.3) is 5.91 Å². The first-order chi connectivity index (χ1) is 13.7. The number of primary sulfonamides is 1. The topological polar surface area (TPSA) is 102 Å². The molecule has 0 saturated carbocycles. The Morgan fingerprint density at radius 3 is 2.76 bits per heavy atom. The third kappa shape index (κ3) is 6.10. The lowest BCUT2D eigenvalue weighted by Gasteiger charge is -2.31. The van der Waals surface area contributed by atoms with E-state index in [-0.39, 0.29) is 22.5 Å². The summed E-state index contributed by atoms with van der Waals surface area (Å²) >= 11 is 3.28. The third-order valence-electron chi connectivity index (χ3n) is 4.69. The van der Waals surface area contributed by atoms with Gasteiger partial charge in [-0.15, -0.1) is 0 Å². The molecule has 29 heavy (non-hydrogen) atoms. The number of hydrogen-bond donors (Lipinski definition) is 2. The highest BCUT2D eigenvalue weighted by atomic mass is 79.9. The van der Waals surface area contributed by atoms with Gasteiger partial charge in [-0.3, -0.25) is 9.69 Å². The normalized spacial score (nSPS) is 17.8. The zero-order chi connectivity index (χ0) is 21.0. The van der Waals surface area contributed by atoms with E-state index in [1.54, 1.807) is 0 Å². The number of benzene rings is 2. The van der Waals surface area contributed by atoms with Gasteiger partial charge in [-0.25, -0.2) is 13.6 Å². The number of sulfonamides is 1. The van der Waals surface area contributed by atoms with Crippen LogP contribution in [0.2, 0.25) is 0 Å². The second-order valence-electron chi connectivity index (χ2n) is 7.11. The van der Waals surface area contributed by atoms with Crippen LogP contribution in [0.4, 0.5) is 0 Å². The summed E-state index contributed by atoms with van der Waals surface area (Å²) < 4.78 is 29.2. The first-order valence-corrected chi connectivity index (χ1v) is 11.6. The van der Waals surface area contributed by atoms with E-state index in [2.05, 4.69) is 45.2 Å². The van der Waals surface area contributed by atoms with Gasteiger partial charge in [0.1, 0.15) is 0 Å². The molecule has 0 aliphatic carbocycles. The van der Waals surface area contributed by atoms with Crippen LogP contribution in [0, 0.1) is 0 Å². The Kier molecular flexibility index (Phi) is 7.07. The third-order valence-corrected chi connectivity index (χ3v) is 6.29. The molecular weight excluding hydrogens is 458 g/mol. The number of carbonyl (C=O) groups is 1. The lowest BCUT2D eigenvalue weighted by molar-refractivity contribution is -0.0212. The van der Waals surface area contributed by atoms with E-state index in [1.807, 2.05) is 12.1 Å². The largest absolute Gasteiger partial charge is 0.376 e. The lowest BCUT2D eigenvalue weighted by atomic mass is 10.1. The minimum Gasteiger partial charge on any atom is -0.376 e. The van der Waals surface area contributed by atoms with Crippen LogP contribution < -0.4 is 10.5 Å². The zero-order valence-corrected chi connectivity index (χ0v) is 18.5. The van der Waals surface area contributed by atoms with Crippen molar-refractivity contribution in [3.8, 4) is 0 Å². The molecule has 1 amide bonds. The zero-order valence-electron chi connectivity index (χ0n) is 16.1. The molecule has 1 aliphatic heterocycles. The second kappa shape index (κ2) is 9.36. The molecule has 1 heterocycles. The fourth-order valence-electron chi connectivity index (χ4n) is 3.26. The van der Waals surface area contributed by atoms with Gasteiger partial charge in [0.05, 0.1) is 23.2 Å². The molecule has 0 bridgehead atoms. The maximum Gasteiger partial charge on any atom is 0.252 e. The van der Waals surface area contributed by atoms with E-state index in [1.165, 1.54) is 23.8 Å². The Balaban J connectivity index is 1.65. The highest BCUT2D eigenvalue weighted by Gasteiger charge is 2.17. The van der Waals surface area contributed by atoms with Crippen molar-refractivity contribution in [1.82, 2.24) is 10.2 Å². The average Bonchev–Trinajstić information content (AvgIpc) is 2.66. The van der Waals surface area contributed by atoms with Gasteiger partial charge in [0, 0.05) is 30.7 Å². The Morgan fingerprint density at radius 2 is 2.03 bits per heavy atom. The molecule has 1 unspecified atom stereocenters. The number of nitrogens with two attached hydrogens (primary N) is 1. The molecule has 9 heteroatoms. The van der Waals surface area contributed by atoms with E-state index >= 15 is 0 Å². The number of rotatable bonds is 6. The van der Waals surface area contributed by atoms with Crippen LogP contribution in [0.5, 0.6) is 0 Å². The minimum atomic E-state index is -3.88. The molecule has 1 atom stereocenters. The monoisotopic (exact) mass is 481 g/mol. The summed E-state index contributed by atoms with van der Waals surface area (Å²) in [4.78, 5) is 14.8. The van der Waals surface area contributed by atoms with Crippen molar-refractivity contribution in [3.05, 3.63) is 63.6 Å². The Hall–Kier alpha value is -1.78. The number of nitrogens with zero attached hydrogens (tertiary/aromatic N) is 1. The Bertz CT molecular complexity index is 997. The van der Waals surface area contributed by atoms with Gasteiger partial charge >= 0.3 is 0 Å². The van der Waals surface area contributed by atoms with Gasteiger partial charge in [0.15, 0.2) is 0 Å². The van der Waals surface area contributed by atoms with E-state index in [9.17, 15) is 13.2 Å². The molecule has 156 valence electrons. The second-order valence-corrected chi connectivity index (χ2v) is 9.52. The molecule has 2 aromatic rings. The summed E-state index contributed by atoms with van der Waals surface area (Å²) in [6.07, 6.45) is 0.234. The average molecular weight is 482 g/mol. The van der Waals surface area contributed by atoms with Crippen LogP contribution in [0.3, 0.4) is 0 Å². The Morgan fingerprint density at radius 1 is 1.28 bits per heavy atom.